The van der Waals surface area contributed by atoms with Crippen molar-refractivity contribution in [3.8, 4) is 11.5 Å². The van der Waals surface area contributed by atoms with E-state index >= 15 is 0 Å². The Hall–Kier alpha value is -2.67. The van der Waals surface area contributed by atoms with Crippen LogP contribution < -0.4 is 9.47 Å². The molecule has 0 radical (unpaired) electrons. The highest BCUT2D eigenvalue weighted by molar-refractivity contribution is 7.15. The van der Waals surface area contributed by atoms with Crippen LogP contribution in [-0.4, -0.2) is 48.7 Å². The molecule has 1 amide bonds. The minimum absolute atomic E-state index is 0.0345. The first-order chi connectivity index (χ1) is 13.5. The van der Waals surface area contributed by atoms with Gasteiger partial charge >= 0.3 is 0 Å². The van der Waals surface area contributed by atoms with Crippen LogP contribution >= 0.6 is 11.3 Å². The summed E-state index contributed by atoms with van der Waals surface area (Å²) in [5.41, 5.74) is 0.624. The molecular weight excluding hydrogens is 378 g/mol. The van der Waals surface area contributed by atoms with Crippen molar-refractivity contribution in [2.75, 3.05) is 26.3 Å². The molecule has 0 unspecified atom stereocenters. The predicted molar refractivity (Wildman–Crippen MR) is 105 cm³/mol. The van der Waals surface area contributed by atoms with Crippen molar-refractivity contribution in [1.29, 1.82) is 0 Å². The van der Waals surface area contributed by atoms with Crippen LogP contribution in [0.3, 0.4) is 0 Å². The van der Waals surface area contributed by atoms with Crippen LogP contribution in [0, 0.1) is 5.92 Å². The smallest absolute Gasteiger partial charge is 0.263 e. The maximum Gasteiger partial charge on any atom is 0.263 e. The third-order valence-corrected chi connectivity index (χ3v) is 6.32. The predicted octanol–water partition coefficient (Wildman–Crippen LogP) is 3.46. The Morgan fingerprint density at radius 3 is 2.32 bits per heavy atom. The summed E-state index contributed by atoms with van der Waals surface area (Å²) in [7, 11) is 0. The van der Waals surface area contributed by atoms with Gasteiger partial charge in [0.05, 0.1) is 9.75 Å². The van der Waals surface area contributed by atoms with E-state index in [0.717, 1.165) is 0 Å². The molecule has 1 aromatic carbocycles. The van der Waals surface area contributed by atoms with E-state index in [0.29, 0.717) is 66.0 Å². The second-order valence-electron chi connectivity index (χ2n) is 7.01. The summed E-state index contributed by atoms with van der Waals surface area (Å²) >= 11 is 1.23. The number of benzene rings is 1. The Bertz CT molecular complexity index is 927. The number of nitrogens with zero attached hydrogens (tertiary/aromatic N) is 1. The van der Waals surface area contributed by atoms with Gasteiger partial charge in [-0.1, -0.05) is 0 Å². The van der Waals surface area contributed by atoms with Crippen LogP contribution in [0.5, 0.6) is 11.5 Å². The van der Waals surface area contributed by atoms with Gasteiger partial charge in [0.15, 0.2) is 23.1 Å². The van der Waals surface area contributed by atoms with Crippen molar-refractivity contribution in [3.05, 3.63) is 45.6 Å². The molecule has 146 valence electrons. The molecule has 7 heteroatoms. The van der Waals surface area contributed by atoms with Crippen molar-refractivity contribution < 1.29 is 23.9 Å². The molecular formula is C21H21NO5S. The Balaban J connectivity index is 1.38. The number of likely N-dealkylation sites (tertiary alicyclic amines) is 1. The number of carbonyl (C=O) groups is 3. The highest BCUT2D eigenvalue weighted by atomic mass is 32.1. The molecule has 28 heavy (non-hydrogen) atoms. The van der Waals surface area contributed by atoms with E-state index in [1.807, 2.05) is 0 Å². The van der Waals surface area contributed by atoms with Crippen LogP contribution in [0.4, 0.5) is 0 Å². The lowest BCUT2D eigenvalue weighted by Gasteiger charge is -2.31. The van der Waals surface area contributed by atoms with Crippen molar-refractivity contribution in [2.45, 2.75) is 19.8 Å². The lowest BCUT2D eigenvalue weighted by molar-refractivity contribution is 0.0654. The lowest BCUT2D eigenvalue weighted by Crippen LogP contribution is -2.40. The summed E-state index contributed by atoms with van der Waals surface area (Å²) in [5, 5.41) is 0. The molecule has 1 saturated heterocycles. The lowest BCUT2D eigenvalue weighted by atomic mass is 9.88. The first-order valence-corrected chi connectivity index (χ1v) is 10.2. The largest absolute Gasteiger partial charge is 0.486 e. The molecule has 0 bridgehead atoms. The van der Waals surface area contributed by atoms with Gasteiger partial charge in [-0.15, -0.1) is 11.3 Å². The van der Waals surface area contributed by atoms with Gasteiger partial charge in [-0.25, -0.2) is 0 Å². The number of hydrogen-bond acceptors (Lipinski definition) is 6. The van der Waals surface area contributed by atoms with E-state index in [2.05, 4.69) is 0 Å². The Morgan fingerprint density at radius 2 is 1.64 bits per heavy atom. The first kappa shape index (κ1) is 18.7. The molecule has 2 aliphatic heterocycles. The molecule has 6 nitrogen and oxygen atoms in total. The van der Waals surface area contributed by atoms with Crippen molar-refractivity contribution >= 4 is 28.8 Å². The molecule has 1 aromatic heterocycles. The zero-order valence-electron chi connectivity index (χ0n) is 15.6. The van der Waals surface area contributed by atoms with E-state index < -0.39 is 0 Å². The fraction of sp³-hybridized carbons (Fsp3) is 0.381. The maximum atomic E-state index is 12.9. The molecule has 4 rings (SSSR count). The minimum Gasteiger partial charge on any atom is -0.486 e. The summed E-state index contributed by atoms with van der Waals surface area (Å²) in [5.74, 6) is 1.16. The number of carbonyl (C=O) groups excluding carboxylic acids is 3. The van der Waals surface area contributed by atoms with Crippen LogP contribution in [0.15, 0.2) is 30.3 Å². The third kappa shape index (κ3) is 3.67. The fourth-order valence-corrected chi connectivity index (χ4v) is 4.44. The highest BCUT2D eigenvalue weighted by Crippen LogP contribution is 2.33. The number of hydrogen-bond donors (Lipinski definition) is 0. The van der Waals surface area contributed by atoms with E-state index in [1.165, 1.54) is 18.3 Å². The number of thiophene rings is 1. The van der Waals surface area contributed by atoms with E-state index in [4.69, 9.17) is 9.47 Å². The standard InChI is InChI=1S/C21H21NO5S/c1-13(23)18-4-5-19(28-18)21(25)22-8-6-14(7-9-22)20(24)15-2-3-16-17(12-15)27-11-10-26-16/h2-5,12,14H,6-11H2,1H3. The number of Topliss-reactive ketones (excluding diaryl/α,β-unsaturated/α-hetero) is 2. The monoisotopic (exact) mass is 399 g/mol. The fourth-order valence-electron chi connectivity index (χ4n) is 3.57. The highest BCUT2D eigenvalue weighted by Gasteiger charge is 2.29. The van der Waals surface area contributed by atoms with Gasteiger partial charge in [0, 0.05) is 24.6 Å². The second kappa shape index (κ2) is 7.75. The number of amides is 1. The molecule has 0 atom stereocenters. The molecule has 1 fully saturated rings. The number of ether oxygens (including phenoxy) is 2. The average Bonchev–Trinajstić information content (AvgIpc) is 3.23. The summed E-state index contributed by atoms with van der Waals surface area (Å²) in [6.07, 6.45) is 1.26. The number of fused-ring (bicyclic) bond motifs is 1. The summed E-state index contributed by atoms with van der Waals surface area (Å²) in [6.45, 7) is 3.57. The van der Waals surface area contributed by atoms with Crippen molar-refractivity contribution in [3.63, 3.8) is 0 Å². The zero-order valence-corrected chi connectivity index (χ0v) is 16.4. The van der Waals surface area contributed by atoms with Crippen LogP contribution in [0.1, 0.15) is 49.5 Å². The topological polar surface area (TPSA) is 72.9 Å². The van der Waals surface area contributed by atoms with E-state index in [9.17, 15) is 14.4 Å². The quantitative estimate of drug-likeness (QED) is 0.736. The van der Waals surface area contributed by atoms with Crippen LogP contribution in [0.2, 0.25) is 0 Å². The Labute approximate surface area is 167 Å². The summed E-state index contributed by atoms with van der Waals surface area (Å²) in [6, 6.07) is 8.71. The molecule has 3 heterocycles. The molecule has 2 aliphatic rings. The second-order valence-corrected chi connectivity index (χ2v) is 8.09. The maximum absolute atomic E-state index is 12.9. The van der Waals surface area contributed by atoms with Gasteiger partial charge in [-0.05, 0) is 50.1 Å². The van der Waals surface area contributed by atoms with Gasteiger partial charge in [0.25, 0.3) is 5.91 Å². The minimum atomic E-state index is -0.109. The normalized spacial score (nSPS) is 16.7. The zero-order chi connectivity index (χ0) is 19.7. The van der Waals surface area contributed by atoms with Gasteiger partial charge in [0.2, 0.25) is 0 Å². The number of ketones is 2. The summed E-state index contributed by atoms with van der Waals surface area (Å²) in [4.78, 5) is 39.9. The van der Waals surface area contributed by atoms with Crippen LogP contribution in [-0.2, 0) is 0 Å². The SMILES string of the molecule is CC(=O)c1ccc(C(=O)N2CCC(C(=O)c3ccc4c(c3)OCCO4)CC2)s1. The van der Waals surface area contributed by atoms with Crippen LogP contribution in [0.25, 0.3) is 0 Å². The Morgan fingerprint density at radius 1 is 0.964 bits per heavy atom. The Kier molecular flexibility index (Phi) is 5.17. The molecule has 2 aromatic rings. The van der Waals surface area contributed by atoms with Crippen molar-refractivity contribution in [2.24, 2.45) is 5.92 Å². The molecule has 0 saturated carbocycles. The average molecular weight is 399 g/mol. The molecule has 0 aliphatic carbocycles. The van der Waals surface area contributed by atoms with Gasteiger partial charge in [-0.2, -0.15) is 0 Å². The summed E-state index contributed by atoms with van der Waals surface area (Å²) < 4.78 is 11.1. The van der Waals surface area contributed by atoms with Gasteiger partial charge in [0.1, 0.15) is 13.2 Å². The third-order valence-electron chi connectivity index (χ3n) is 5.14. The van der Waals surface area contributed by atoms with E-state index in [-0.39, 0.29) is 23.4 Å². The van der Waals surface area contributed by atoms with E-state index in [1.54, 1.807) is 35.2 Å². The number of rotatable bonds is 4. The first-order valence-electron chi connectivity index (χ1n) is 9.37. The molecule has 0 spiro atoms. The van der Waals surface area contributed by atoms with Gasteiger partial charge < -0.3 is 14.4 Å². The molecule has 0 N–H and O–H groups in total. The van der Waals surface area contributed by atoms with Crippen molar-refractivity contribution in [1.82, 2.24) is 4.90 Å². The number of piperidine rings is 1. The van der Waals surface area contributed by atoms with Gasteiger partial charge in [-0.3, -0.25) is 14.4 Å².